The van der Waals surface area contributed by atoms with E-state index in [0.717, 1.165) is 9.79 Å². The maximum Gasteiger partial charge on any atom is 0.252 e. The summed E-state index contributed by atoms with van der Waals surface area (Å²) in [6.45, 7) is 2.06. The molecule has 0 bridgehead atoms. The first-order valence-corrected chi connectivity index (χ1v) is 7.91. The van der Waals surface area contributed by atoms with Crippen molar-refractivity contribution in [3.63, 3.8) is 0 Å². The van der Waals surface area contributed by atoms with Crippen LogP contribution in [0.3, 0.4) is 0 Å². The van der Waals surface area contributed by atoms with Gasteiger partial charge in [-0.2, -0.15) is 10.5 Å². The van der Waals surface area contributed by atoms with E-state index in [1.54, 1.807) is 25.1 Å². The molecule has 0 aromatic heterocycles. The number of carbonyl (C=O) groups excluding carboxylic acids is 1. The highest BCUT2D eigenvalue weighted by Crippen LogP contribution is 2.32. The summed E-state index contributed by atoms with van der Waals surface area (Å²) in [6, 6.07) is 18.8. The fourth-order valence-corrected chi connectivity index (χ4v) is 2.92. The lowest BCUT2D eigenvalue weighted by molar-refractivity contribution is 0.0948. The molecule has 4 nitrogen and oxygen atoms in total. The number of hydrogen-bond donors (Lipinski definition) is 1. The highest BCUT2D eigenvalue weighted by Gasteiger charge is 2.14. The second-order valence-corrected chi connectivity index (χ2v) is 6.03. The van der Waals surface area contributed by atoms with E-state index in [2.05, 4.69) is 17.5 Å². The average molecular weight is 321 g/mol. The molecular weight excluding hydrogens is 306 g/mol. The van der Waals surface area contributed by atoms with Crippen molar-refractivity contribution < 1.29 is 4.79 Å². The minimum Gasteiger partial charge on any atom is -0.351 e. The van der Waals surface area contributed by atoms with Crippen LogP contribution in [0, 0.1) is 28.6 Å². The van der Waals surface area contributed by atoms with E-state index < -0.39 is 0 Å². The van der Waals surface area contributed by atoms with Gasteiger partial charge in [0.25, 0.3) is 5.91 Å². The second-order valence-electron chi connectivity index (χ2n) is 4.95. The van der Waals surface area contributed by atoms with Gasteiger partial charge in [0.1, 0.15) is 6.07 Å². The predicted octanol–water partition coefficient (Wildman–Crippen LogP) is 3.60. The van der Waals surface area contributed by atoms with Gasteiger partial charge in [-0.3, -0.25) is 4.79 Å². The molecule has 2 rings (SSSR count). The second kappa shape index (κ2) is 8.03. The summed E-state index contributed by atoms with van der Waals surface area (Å²) in [6.07, 6.45) is 0. The quantitative estimate of drug-likeness (QED) is 0.913. The minimum atomic E-state index is -0.238. The van der Waals surface area contributed by atoms with Crippen LogP contribution in [0.15, 0.2) is 58.3 Å². The van der Waals surface area contributed by atoms with Crippen molar-refractivity contribution >= 4 is 17.7 Å². The van der Waals surface area contributed by atoms with E-state index in [-0.39, 0.29) is 11.8 Å². The minimum absolute atomic E-state index is 0.218. The Morgan fingerprint density at radius 2 is 1.78 bits per heavy atom. The summed E-state index contributed by atoms with van der Waals surface area (Å²) in [5.41, 5.74) is 1.11. The lowest BCUT2D eigenvalue weighted by atomic mass is 10.2. The number of amides is 1. The number of nitrogens with zero attached hydrogens (tertiary/aromatic N) is 2. The highest BCUT2D eigenvalue weighted by atomic mass is 32.2. The first-order chi connectivity index (χ1) is 11.2. The van der Waals surface area contributed by atoms with Crippen molar-refractivity contribution in [1.82, 2.24) is 5.32 Å². The Morgan fingerprint density at radius 3 is 2.48 bits per heavy atom. The van der Waals surface area contributed by atoms with Crippen molar-refractivity contribution in [2.24, 2.45) is 5.92 Å². The van der Waals surface area contributed by atoms with Crippen LogP contribution in [0.1, 0.15) is 22.8 Å². The molecule has 2 aromatic rings. The summed E-state index contributed by atoms with van der Waals surface area (Å²) in [7, 11) is 0. The number of nitriles is 2. The van der Waals surface area contributed by atoms with Gasteiger partial charge in [0.05, 0.1) is 23.1 Å². The third kappa shape index (κ3) is 4.35. The maximum absolute atomic E-state index is 12.3. The van der Waals surface area contributed by atoms with E-state index in [1.165, 1.54) is 11.8 Å². The van der Waals surface area contributed by atoms with Gasteiger partial charge in [-0.15, -0.1) is 0 Å². The van der Waals surface area contributed by atoms with Gasteiger partial charge in [-0.25, -0.2) is 0 Å². The van der Waals surface area contributed by atoms with Crippen molar-refractivity contribution in [2.45, 2.75) is 16.7 Å². The zero-order valence-electron chi connectivity index (χ0n) is 12.6. The van der Waals surface area contributed by atoms with Gasteiger partial charge in [0, 0.05) is 16.3 Å². The van der Waals surface area contributed by atoms with Gasteiger partial charge >= 0.3 is 0 Å². The Kier molecular flexibility index (Phi) is 5.80. The summed E-state index contributed by atoms with van der Waals surface area (Å²) < 4.78 is 0. The van der Waals surface area contributed by atoms with Crippen LogP contribution < -0.4 is 5.32 Å². The summed E-state index contributed by atoms with van der Waals surface area (Å²) >= 11 is 1.39. The Balaban J connectivity index is 2.23. The molecule has 0 fully saturated rings. The van der Waals surface area contributed by atoms with Crippen molar-refractivity contribution in [3.05, 3.63) is 59.7 Å². The highest BCUT2D eigenvalue weighted by molar-refractivity contribution is 7.99. The Bertz CT molecular complexity index is 789. The van der Waals surface area contributed by atoms with E-state index in [0.29, 0.717) is 17.7 Å². The van der Waals surface area contributed by atoms with Crippen molar-refractivity contribution in [3.8, 4) is 12.1 Å². The van der Waals surface area contributed by atoms with Crippen LogP contribution in [0.2, 0.25) is 0 Å². The molecule has 0 heterocycles. The molecule has 1 amide bonds. The zero-order valence-corrected chi connectivity index (χ0v) is 13.4. The van der Waals surface area contributed by atoms with Gasteiger partial charge in [0.2, 0.25) is 0 Å². The predicted molar refractivity (Wildman–Crippen MR) is 88.8 cm³/mol. The van der Waals surface area contributed by atoms with Crippen LogP contribution >= 0.6 is 11.8 Å². The molecule has 114 valence electrons. The van der Waals surface area contributed by atoms with Crippen LogP contribution in [0.4, 0.5) is 0 Å². The van der Waals surface area contributed by atoms with Gasteiger partial charge in [-0.05, 0) is 31.2 Å². The van der Waals surface area contributed by atoms with Crippen LogP contribution in [0.25, 0.3) is 0 Å². The Morgan fingerprint density at radius 1 is 1.13 bits per heavy atom. The normalized spacial score (nSPS) is 11.1. The Labute approximate surface area is 139 Å². The molecule has 0 saturated heterocycles. The van der Waals surface area contributed by atoms with E-state index in [4.69, 9.17) is 5.26 Å². The monoisotopic (exact) mass is 321 g/mol. The summed E-state index contributed by atoms with van der Waals surface area (Å²) in [5.74, 6) is -0.456. The van der Waals surface area contributed by atoms with Crippen molar-refractivity contribution in [1.29, 1.82) is 10.5 Å². The molecule has 5 heteroatoms. The lowest BCUT2D eigenvalue weighted by Gasteiger charge is -2.11. The van der Waals surface area contributed by atoms with Gasteiger partial charge in [-0.1, -0.05) is 36.0 Å². The molecule has 0 aliphatic heterocycles. The number of hydrogen-bond acceptors (Lipinski definition) is 4. The van der Waals surface area contributed by atoms with E-state index in [9.17, 15) is 10.1 Å². The molecule has 0 radical (unpaired) electrons. The first kappa shape index (κ1) is 16.6. The molecule has 0 spiro atoms. The zero-order chi connectivity index (χ0) is 16.7. The third-order valence-electron chi connectivity index (χ3n) is 3.15. The summed E-state index contributed by atoms with van der Waals surface area (Å²) in [4.78, 5) is 13.9. The molecule has 0 aliphatic carbocycles. The van der Waals surface area contributed by atoms with Crippen LogP contribution in [-0.4, -0.2) is 12.5 Å². The third-order valence-corrected chi connectivity index (χ3v) is 4.30. The molecule has 0 aliphatic rings. The van der Waals surface area contributed by atoms with Crippen molar-refractivity contribution in [2.75, 3.05) is 6.54 Å². The van der Waals surface area contributed by atoms with Crippen LogP contribution in [-0.2, 0) is 0 Å². The number of carbonyl (C=O) groups is 1. The molecule has 1 atom stereocenters. The fraction of sp³-hybridized carbons (Fsp3) is 0.167. The lowest BCUT2D eigenvalue weighted by Crippen LogP contribution is -2.28. The number of rotatable bonds is 5. The molecule has 2 aromatic carbocycles. The average Bonchev–Trinajstić information content (AvgIpc) is 2.60. The largest absolute Gasteiger partial charge is 0.351 e. The molecule has 23 heavy (non-hydrogen) atoms. The number of nitrogens with one attached hydrogen (secondary N) is 1. The number of benzene rings is 2. The Hall–Kier alpha value is -2.76. The SMILES string of the molecule is CC(C#N)CNC(=O)c1ccccc1Sc1ccccc1C#N. The smallest absolute Gasteiger partial charge is 0.252 e. The van der Waals surface area contributed by atoms with Gasteiger partial charge < -0.3 is 5.32 Å². The van der Waals surface area contributed by atoms with E-state index in [1.807, 2.05) is 30.3 Å². The topological polar surface area (TPSA) is 76.7 Å². The molecule has 1 unspecified atom stereocenters. The standard InChI is InChI=1S/C18H15N3OS/c1-13(10-19)12-21-18(22)15-7-3-5-9-17(15)23-16-8-4-2-6-14(16)11-20/h2-9,13H,12H2,1H3,(H,21,22). The van der Waals surface area contributed by atoms with Gasteiger partial charge in [0.15, 0.2) is 0 Å². The molecular formula is C18H15N3OS. The fourth-order valence-electron chi connectivity index (χ4n) is 1.90. The maximum atomic E-state index is 12.3. The van der Waals surface area contributed by atoms with E-state index >= 15 is 0 Å². The first-order valence-electron chi connectivity index (χ1n) is 7.09. The van der Waals surface area contributed by atoms with Crippen LogP contribution in [0.5, 0.6) is 0 Å². The molecule has 1 N–H and O–H groups in total. The molecule has 0 saturated carbocycles. The summed E-state index contributed by atoms with van der Waals surface area (Å²) in [5, 5.41) is 20.7.